The molecular weight excluding hydrogens is 199 g/mol. The molecule has 1 aliphatic rings. The van der Waals surface area contributed by atoms with Gasteiger partial charge >= 0.3 is 8.25 Å². The molecule has 1 rings (SSSR count). The van der Waals surface area contributed by atoms with Gasteiger partial charge in [0.25, 0.3) is 0 Å². The van der Waals surface area contributed by atoms with Crippen molar-refractivity contribution in [3.05, 3.63) is 0 Å². The topological polar surface area (TPSA) is 46.5 Å². The van der Waals surface area contributed by atoms with E-state index in [-0.39, 0.29) is 6.10 Å². The van der Waals surface area contributed by atoms with Gasteiger partial charge in [0.2, 0.25) is 0 Å². The van der Waals surface area contributed by atoms with Crippen LogP contribution in [0.5, 0.6) is 0 Å². The highest BCUT2D eigenvalue weighted by molar-refractivity contribution is 7.32. The Balaban J connectivity index is 2.58. The van der Waals surface area contributed by atoms with Crippen molar-refractivity contribution < 1.29 is 14.0 Å². The minimum absolute atomic E-state index is 0.0210. The van der Waals surface area contributed by atoms with Gasteiger partial charge in [-0.3, -0.25) is 0 Å². The van der Waals surface area contributed by atoms with E-state index >= 15 is 0 Å². The van der Waals surface area contributed by atoms with Crippen molar-refractivity contribution in [2.24, 2.45) is 17.8 Å². The monoisotopic (exact) mass is 219 g/mol. The van der Waals surface area contributed by atoms with E-state index in [0.717, 1.165) is 12.8 Å². The average molecular weight is 219 g/mol. The van der Waals surface area contributed by atoms with Gasteiger partial charge in [-0.2, -0.15) is 0 Å². The standard InChI is InChI=1S/C10H19O3P/c1-7(2)9-5-4-8(3)6-10(9)13-14(11)12/h7-10H,4-6H2,1-3H3/p+1/t8?,9-,10?/m0/s1. The van der Waals surface area contributed by atoms with Crippen LogP contribution in [0.4, 0.5) is 0 Å². The van der Waals surface area contributed by atoms with Gasteiger partial charge in [-0.1, -0.05) is 27.2 Å². The third kappa shape index (κ3) is 3.30. The highest BCUT2D eigenvalue weighted by Crippen LogP contribution is 2.38. The van der Waals surface area contributed by atoms with E-state index in [1.54, 1.807) is 0 Å². The molecule has 0 aliphatic heterocycles. The fourth-order valence-corrected chi connectivity index (χ4v) is 2.83. The second-order valence-electron chi connectivity index (χ2n) is 4.71. The van der Waals surface area contributed by atoms with Crippen molar-refractivity contribution in [2.75, 3.05) is 0 Å². The molecule has 0 aromatic carbocycles. The molecule has 1 aliphatic carbocycles. The second kappa shape index (κ2) is 5.20. The Morgan fingerprint density at radius 2 is 2.07 bits per heavy atom. The predicted molar refractivity (Wildman–Crippen MR) is 56.0 cm³/mol. The first-order valence-corrected chi connectivity index (χ1v) is 6.46. The first-order valence-electron chi connectivity index (χ1n) is 5.33. The lowest BCUT2D eigenvalue weighted by Crippen LogP contribution is -2.32. The van der Waals surface area contributed by atoms with Gasteiger partial charge in [0, 0.05) is 4.57 Å². The van der Waals surface area contributed by atoms with E-state index in [1.807, 2.05) is 0 Å². The van der Waals surface area contributed by atoms with Crippen LogP contribution >= 0.6 is 8.25 Å². The van der Waals surface area contributed by atoms with Crippen molar-refractivity contribution in [3.63, 3.8) is 0 Å². The number of hydrogen-bond acceptors (Lipinski definition) is 2. The minimum Gasteiger partial charge on any atom is -0.133 e. The third-order valence-corrected chi connectivity index (χ3v) is 3.64. The van der Waals surface area contributed by atoms with Crippen LogP contribution < -0.4 is 0 Å². The van der Waals surface area contributed by atoms with E-state index in [9.17, 15) is 4.57 Å². The van der Waals surface area contributed by atoms with E-state index in [1.165, 1.54) is 6.42 Å². The molecule has 82 valence electrons. The molecule has 0 saturated heterocycles. The van der Waals surface area contributed by atoms with Gasteiger partial charge in [0.15, 0.2) is 0 Å². The van der Waals surface area contributed by atoms with Gasteiger partial charge in [-0.25, -0.2) is 0 Å². The molecule has 0 aromatic heterocycles. The molecule has 3 nitrogen and oxygen atoms in total. The molecular formula is C10H20O3P+. The molecule has 3 unspecified atom stereocenters. The largest absolute Gasteiger partial charge is 0.695 e. The lowest BCUT2D eigenvalue weighted by Gasteiger charge is -2.33. The van der Waals surface area contributed by atoms with Crippen LogP contribution in [0, 0.1) is 17.8 Å². The normalized spacial score (nSPS) is 34.6. The molecule has 4 heteroatoms. The van der Waals surface area contributed by atoms with Gasteiger partial charge in [0.1, 0.15) is 6.10 Å². The molecule has 1 N–H and O–H groups in total. The van der Waals surface area contributed by atoms with Crippen molar-refractivity contribution in [1.82, 2.24) is 0 Å². The van der Waals surface area contributed by atoms with Crippen LogP contribution in [0.2, 0.25) is 0 Å². The van der Waals surface area contributed by atoms with Crippen LogP contribution in [-0.2, 0) is 9.09 Å². The summed E-state index contributed by atoms with van der Waals surface area (Å²) in [4.78, 5) is 8.78. The van der Waals surface area contributed by atoms with Crippen LogP contribution in [0.15, 0.2) is 0 Å². The van der Waals surface area contributed by atoms with E-state index in [2.05, 4.69) is 20.8 Å². The van der Waals surface area contributed by atoms with Crippen LogP contribution in [0.3, 0.4) is 0 Å². The molecule has 0 bridgehead atoms. The lowest BCUT2D eigenvalue weighted by atomic mass is 9.75. The van der Waals surface area contributed by atoms with Gasteiger partial charge in [-0.05, 0) is 30.6 Å². The van der Waals surface area contributed by atoms with Gasteiger partial charge in [0.05, 0.1) is 0 Å². The smallest absolute Gasteiger partial charge is 0.133 e. The molecule has 0 amide bonds. The summed E-state index contributed by atoms with van der Waals surface area (Å²) in [7, 11) is -2.44. The Labute approximate surface area is 86.8 Å². The molecule has 0 heterocycles. The summed E-state index contributed by atoms with van der Waals surface area (Å²) in [5.74, 6) is 1.59. The van der Waals surface area contributed by atoms with Crippen LogP contribution in [0.25, 0.3) is 0 Å². The van der Waals surface area contributed by atoms with Crippen molar-refractivity contribution in [2.45, 2.75) is 46.1 Å². The van der Waals surface area contributed by atoms with Crippen LogP contribution in [0.1, 0.15) is 40.0 Å². The minimum atomic E-state index is -2.44. The Morgan fingerprint density at radius 1 is 1.43 bits per heavy atom. The zero-order chi connectivity index (χ0) is 10.7. The summed E-state index contributed by atoms with van der Waals surface area (Å²) in [6, 6.07) is 0. The van der Waals surface area contributed by atoms with E-state index < -0.39 is 8.25 Å². The molecule has 14 heavy (non-hydrogen) atoms. The molecule has 1 saturated carbocycles. The SMILES string of the molecule is CC1CC[C@@H](C(C)C)C(O[P+](=O)O)C1. The summed E-state index contributed by atoms with van der Waals surface area (Å²) in [6.45, 7) is 6.49. The fraction of sp³-hybridized carbons (Fsp3) is 1.00. The fourth-order valence-electron chi connectivity index (χ4n) is 2.35. The van der Waals surface area contributed by atoms with Crippen molar-refractivity contribution in [3.8, 4) is 0 Å². The summed E-state index contributed by atoms with van der Waals surface area (Å²) < 4.78 is 15.8. The number of rotatable bonds is 3. The highest BCUT2D eigenvalue weighted by atomic mass is 31.1. The first-order chi connectivity index (χ1) is 6.50. The maximum atomic E-state index is 10.7. The summed E-state index contributed by atoms with van der Waals surface area (Å²) in [6.07, 6.45) is 3.23. The van der Waals surface area contributed by atoms with Gasteiger partial charge in [-0.15, -0.1) is 9.42 Å². The zero-order valence-corrected chi connectivity index (χ0v) is 10.0. The number of hydrogen-bond donors (Lipinski definition) is 1. The zero-order valence-electron chi connectivity index (χ0n) is 9.14. The molecule has 1 fully saturated rings. The summed E-state index contributed by atoms with van der Waals surface area (Å²) in [5, 5.41) is 0. The molecule has 0 spiro atoms. The molecule has 0 radical (unpaired) electrons. The quantitative estimate of drug-likeness (QED) is 0.742. The van der Waals surface area contributed by atoms with Crippen molar-refractivity contribution in [1.29, 1.82) is 0 Å². The predicted octanol–water partition coefficient (Wildman–Crippen LogP) is 3.11. The lowest BCUT2D eigenvalue weighted by molar-refractivity contribution is 0.0438. The first kappa shape index (κ1) is 12.1. The Morgan fingerprint density at radius 3 is 2.57 bits per heavy atom. The Bertz CT molecular complexity index is 206. The second-order valence-corrected chi connectivity index (χ2v) is 5.39. The average Bonchev–Trinajstić information content (AvgIpc) is 2.01. The van der Waals surface area contributed by atoms with Gasteiger partial charge < -0.3 is 0 Å². The Kier molecular flexibility index (Phi) is 4.49. The maximum absolute atomic E-state index is 10.7. The van der Waals surface area contributed by atoms with Crippen LogP contribution in [-0.4, -0.2) is 11.0 Å². The highest BCUT2D eigenvalue weighted by Gasteiger charge is 2.36. The van der Waals surface area contributed by atoms with Crippen molar-refractivity contribution >= 4 is 8.25 Å². The maximum Gasteiger partial charge on any atom is 0.695 e. The summed E-state index contributed by atoms with van der Waals surface area (Å²) >= 11 is 0. The Hall–Kier alpha value is 0.0200. The van der Waals surface area contributed by atoms with E-state index in [4.69, 9.17) is 9.42 Å². The molecule has 4 atom stereocenters. The third-order valence-electron chi connectivity index (χ3n) is 3.19. The molecule has 0 aromatic rings. The van der Waals surface area contributed by atoms with E-state index in [0.29, 0.717) is 17.8 Å². The summed E-state index contributed by atoms with van der Waals surface area (Å²) in [5.41, 5.74) is 0.